The van der Waals surface area contributed by atoms with Gasteiger partial charge in [0.25, 0.3) is 0 Å². The van der Waals surface area contributed by atoms with Gasteiger partial charge in [-0.15, -0.1) is 0 Å². The van der Waals surface area contributed by atoms with Crippen LogP contribution in [0.3, 0.4) is 0 Å². The van der Waals surface area contributed by atoms with E-state index in [0.717, 1.165) is 17.1 Å². The van der Waals surface area contributed by atoms with E-state index in [1.807, 2.05) is 20.8 Å². The molecule has 3 aromatic heterocycles. The fourth-order valence-corrected chi connectivity index (χ4v) is 1.15. The maximum absolute atomic E-state index is 3.92. The summed E-state index contributed by atoms with van der Waals surface area (Å²) < 4.78 is 0. The summed E-state index contributed by atoms with van der Waals surface area (Å²) in [6.07, 6.45) is 5.11. The van der Waals surface area contributed by atoms with Gasteiger partial charge in [0.2, 0.25) is 0 Å². The van der Waals surface area contributed by atoms with E-state index in [2.05, 4.69) is 35.8 Å². The van der Waals surface area contributed by atoms with Crippen molar-refractivity contribution < 1.29 is 119 Å². The molecule has 0 saturated heterocycles. The molecule has 0 atom stereocenters. The van der Waals surface area contributed by atoms with Gasteiger partial charge >= 0.3 is 0 Å². The Morgan fingerprint density at radius 2 is 1.15 bits per heavy atom. The molecule has 0 fully saturated rings. The van der Waals surface area contributed by atoms with Gasteiger partial charge < -0.3 is 7.43 Å². The fraction of sp³-hybridized carbons (Fsp3) is 0.462. The molecule has 3 heterocycles. The Hall–Kier alpha value is 1.42. The largest absolute Gasteiger partial charge is 0.358 e. The molecular formula is C13H26N9WY3-. The SMILES string of the molecule is C.Cc1cn[nH]n1.Cc1cnn(C)n1.Cc1cnn(C)n1.[CH3-].[W].[Y].[Y].[Y]. The third kappa shape index (κ3) is 21.7. The summed E-state index contributed by atoms with van der Waals surface area (Å²) in [7, 11) is 3.60. The fourth-order valence-electron chi connectivity index (χ4n) is 1.15. The van der Waals surface area contributed by atoms with Gasteiger partial charge in [0, 0.05) is 133 Å². The quantitative estimate of drug-likeness (QED) is 0.349. The molecular weight excluding hydrogens is 733 g/mol. The topological polar surface area (TPSA) is 103 Å². The average Bonchev–Trinajstić information content (AvgIpc) is 3.07. The van der Waals surface area contributed by atoms with Crippen LogP contribution in [0.4, 0.5) is 0 Å². The molecule has 9 nitrogen and oxygen atoms in total. The molecule has 13 heteroatoms. The monoisotopic (exact) mass is 759 g/mol. The minimum absolute atomic E-state index is 0. The Balaban J connectivity index is -0.0000000518. The molecule has 0 amide bonds. The normalized spacial score (nSPS) is 7.12. The molecule has 26 heavy (non-hydrogen) atoms. The van der Waals surface area contributed by atoms with Crippen molar-refractivity contribution in [3.8, 4) is 0 Å². The first-order valence-electron chi connectivity index (χ1n) is 5.95. The van der Waals surface area contributed by atoms with E-state index in [1.165, 1.54) is 9.59 Å². The van der Waals surface area contributed by atoms with Gasteiger partial charge in [-0.05, 0) is 20.8 Å². The number of hydrogen-bond donors (Lipinski definition) is 1. The number of nitrogens with zero attached hydrogens (tertiary/aromatic N) is 8. The van der Waals surface area contributed by atoms with Crippen LogP contribution in [-0.2, 0) is 133 Å². The summed E-state index contributed by atoms with van der Waals surface area (Å²) in [5, 5.41) is 25.2. The number of aromatic nitrogens is 9. The first-order chi connectivity index (χ1) is 9.47. The minimum atomic E-state index is 0. The van der Waals surface area contributed by atoms with Crippen molar-refractivity contribution in [2.24, 2.45) is 14.1 Å². The molecule has 3 rings (SSSR count). The van der Waals surface area contributed by atoms with Crippen LogP contribution in [0.25, 0.3) is 0 Å². The van der Waals surface area contributed by atoms with E-state index in [9.17, 15) is 0 Å². The molecule has 3 aromatic rings. The molecule has 0 unspecified atom stereocenters. The summed E-state index contributed by atoms with van der Waals surface area (Å²) in [5.41, 5.74) is 2.85. The average molecular weight is 759 g/mol. The third-order valence-electron chi connectivity index (χ3n) is 1.96. The van der Waals surface area contributed by atoms with Gasteiger partial charge in [-0.2, -0.15) is 45.4 Å². The molecule has 1 N–H and O–H groups in total. The summed E-state index contributed by atoms with van der Waals surface area (Å²) in [6, 6.07) is 0. The van der Waals surface area contributed by atoms with Crippen LogP contribution < -0.4 is 0 Å². The summed E-state index contributed by atoms with van der Waals surface area (Å²) in [6.45, 7) is 5.70. The molecule has 139 valence electrons. The third-order valence-corrected chi connectivity index (χ3v) is 1.96. The molecule has 0 aliphatic heterocycles. The zero-order valence-corrected chi connectivity index (χ0v) is 26.9. The van der Waals surface area contributed by atoms with Crippen LogP contribution in [0.15, 0.2) is 18.6 Å². The second-order valence-electron chi connectivity index (χ2n) is 4.06. The number of rotatable bonds is 0. The number of aromatic amines is 1. The summed E-state index contributed by atoms with van der Waals surface area (Å²) in [4.78, 5) is 3.07. The van der Waals surface area contributed by atoms with Crippen LogP contribution in [0.2, 0.25) is 0 Å². The zero-order chi connectivity index (χ0) is 15.0. The van der Waals surface area contributed by atoms with Crippen molar-refractivity contribution in [3.63, 3.8) is 0 Å². The molecule has 0 bridgehead atoms. The van der Waals surface area contributed by atoms with Gasteiger partial charge in [-0.3, -0.25) is 0 Å². The van der Waals surface area contributed by atoms with Crippen LogP contribution >= 0.6 is 0 Å². The number of hydrogen-bond acceptors (Lipinski definition) is 6. The Morgan fingerprint density at radius 3 is 1.23 bits per heavy atom. The second-order valence-corrected chi connectivity index (χ2v) is 4.06. The first kappa shape index (κ1) is 41.7. The Labute approximate surface area is 246 Å². The van der Waals surface area contributed by atoms with E-state index in [0.29, 0.717) is 0 Å². The Morgan fingerprint density at radius 1 is 0.769 bits per heavy atom. The van der Waals surface area contributed by atoms with Gasteiger partial charge in [0.15, 0.2) is 0 Å². The van der Waals surface area contributed by atoms with E-state index in [4.69, 9.17) is 0 Å². The van der Waals surface area contributed by atoms with Crippen molar-refractivity contribution in [2.75, 3.05) is 0 Å². The van der Waals surface area contributed by atoms with Crippen molar-refractivity contribution in [3.05, 3.63) is 43.1 Å². The Bertz CT molecular complexity index is 543. The van der Waals surface area contributed by atoms with Gasteiger partial charge in [-0.1, -0.05) is 7.43 Å². The number of nitrogens with one attached hydrogen (secondary N) is 1. The van der Waals surface area contributed by atoms with Gasteiger partial charge in [-0.25, -0.2) is 0 Å². The smallest absolute Gasteiger partial charge is 0.0796 e. The summed E-state index contributed by atoms with van der Waals surface area (Å²) in [5.74, 6) is 0. The number of H-pyrrole nitrogens is 1. The van der Waals surface area contributed by atoms with E-state index >= 15 is 0 Å². The van der Waals surface area contributed by atoms with Crippen molar-refractivity contribution in [1.82, 2.24) is 45.4 Å². The number of aryl methyl sites for hydroxylation is 5. The second kappa shape index (κ2) is 24.5. The standard InChI is InChI=1S/2C4H7N3.C3H5N3.CH4.CH3.W.3Y/c2*1-4-3-5-7(2)6-4;1-3-2-4-6-5-3;;;;;;/h2*3H,1-2H3;2H,1H3,(H,4,5,6);1H4;1H3;;;;/q;;;;-1;;;;. The van der Waals surface area contributed by atoms with Crippen LogP contribution in [0.5, 0.6) is 0 Å². The van der Waals surface area contributed by atoms with Gasteiger partial charge in [0.05, 0.1) is 35.7 Å². The van der Waals surface area contributed by atoms with Crippen molar-refractivity contribution >= 4 is 0 Å². The predicted octanol–water partition coefficient (Wildman–Crippen LogP) is 1.44. The Kier molecular flexibility index (Phi) is 39.2. The van der Waals surface area contributed by atoms with Crippen molar-refractivity contribution in [2.45, 2.75) is 28.2 Å². The van der Waals surface area contributed by atoms with Gasteiger partial charge in [0.1, 0.15) is 0 Å². The summed E-state index contributed by atoms with van der Waals surface area (Å²) >= 11 is 0. The van der Waals surface area contributed by atoms with E-state index < -0.39 is 0 Å². The molecule has 0 aromatic carbocycles. The maximum atomic E-state index is 3.92. The first-order valence-corrected chi connectivity index (χ1v) is 5.95. The van der Waals surface area contributed by atoms with Crippen molar-refractivity contribution in [1.29, 1.82) is 0 Å². The van der Waals surface area contributed by atoms with Crippen LogP contribution in [0.1, 0.15) is 24.5 Å². The molecule has 0 saturated carbocycles. The molecule has 3 radical (unpaired) electrons. The maximum Gasteiger partial charge on any atom is 0.0796 e. The molecule has 0 aliphatic carbocycles. The van der Waals surface area contributed by atoms with E-state index in [1.54, 1.807) is 32.7 Å². The molecule has 0 aliphatic rings. The van der Waals surface area contributed by atoms with Crippen LogP contribution in [0, 0.1) is 28.2 Å². The molecule has 0 spiro atoms. The predicted molar refractivity (Wildman–Crippen MR) is 85.7 cm³/mol. The minimum Gasteiger partial charge on any atom is -0.358 e. The van der Waals surface area contributed by atoms with Crippen LogP contribution in [-0.4, -0.2) is 45.4 Å². The van der Waals surface area contributed by atoms with E-state index in [-0.39, 0.29) is 134 Å². The zero-order valence-electron chi connectivity index (χ0n) is 15.5.